The van der Waals surface area contributed by atoms with Crippen LogP contribution in [0.15, 0.2) is 29.2 Å². The van der Waals surface area contributed by atoms with Crippen molar-refractivity contribution >= 4 is 23.6 Å². The summed E-state index contributed by atoms with van der Waals surface area (Å²) in [7, 11) is 0. The summed E-state index contributed by atoms with van der Waals surface area (Å²) >= 11 is 1.31. The summed E-state index contributed by atoms with van der Waals surface area (Å²) in [5, 5.41) is 8.86. The maximum atomic E-state index is 12.7. The maximum absolute atomic E-state index is 12.7. The lowest BCUT2D eigenvalue weighted by Gasteiger charge is -2.22. The van der Waals surface area contributed by atoms with Crippen LogP contribution in [0.3, 0.4) is 0 Å². The highest BCUT2D eigenvalue weighted by atomic mass is 32.2. The first-order valence-electron chi connectivity index (χ1n) is 6.33. The number of aliphatic carboxylic acids is 1. The van der Waals surface area contributed by atoms with Crippen molar-refractivity contribution in [1.29, 1.82) is 0 Å². The summed E-state index contributed by atoms with van der Waals surface area (Å²) in [5.74, 6) is -1.72. The number of hydrogen-bond acceptors (Lipinski definition) is 3. The summed E-state index contributed by atoms with van der Waals surface area (Å²) in [6.45, 7) is 4.06. The largest absolute Gasteiger partial charge is 0.481 e. The number of nitrogens with zero attached hydrogens (tertiary/aromatic N) is 1. The molecule has 0 aliphatic rings. The van der Waals surface area contributed by atoms with Crippen molar-refractivity contribution in [1.82, 2.24) is 4.90 Å². The molecule has 4 nitrogen and oxygen atoms in total. The van der Waals surface area contributed by atoms with Gasteiger partial charge in [0.05, 0.1) is 11.7 Å². The molecule has 0 bridgehead atoms. The van der Waals surface area contributed by atoms with E-state index in [0.29, 0.717) is 6.54 Å². The number of carboxylic acid groups (broad SMARTS) is 1. The average molecular weight is 299 g/mol. The van der Waals surface area contributed by atoms with Crippen LogP contribution in [0.2, 0.25) is 0 Å². The van der Waals surface area contributed by atoms with Crippen LogP contribution in [0, 0.1) is 11.7 Å². The molecule has 1 rings (SSSR count). The first-order chi connectivity index (χ1) is 9.43. The quantitative estimate of drug-likeness (QED) is 0.786. The Morgan fingerprint density at radius 3 is 2.45 bits per heavy atom. The van der Waals surface area contributed by atoms with E-state index in [-0.39, 0.29) is 24.0 Å². The van der Waals surface area contributed by atoms with Crippen LogP contribution in [-0.2, 0) is 9.59 Å². The molecule has 1 unspecified atom stereocenters. The zero-order chi connectivity index (χ0) is 15.1. The van der Waals surface area contributed by atoms with Crippen LogP contribution in [0.4, 0.5) is 4.39 Å². The number of benzene rings is 1. The topological polar surface area (TPSA) is 57.6 Å². The monoisotopic (exact) mass is 299 g/mol. The maximum Gasteiger partial charge on any atom is 0.308 e. The number of carbonyl (C=O) groups is 2. The summed E-state index contributed by atoms with van der Waals surface area (Å²) in [5.41, 5.74) is 0. The lowest BCUT2D eigenvalue weighted by Crippen LogP contribution is -2.37. The molecule has 0 heterocycles. The van der Waals surface area contributed by atoms with Gasteiger partial charge >= 0.3 is 5.97 Å². The minimum atomic E-state index is -0.914. The van der Waals surface area contributed by atoms with Crippen LogP contribution in [-0.4, -0.2) is 40.7 Å². The highest BCUT2D eigenvalue weighted by Gasteiger charge is 2.19. The van der Waals surface area contributed by atoms with Crippen LogP contribution in [0.5, 0.6) is 0 Å². The van der Waals surface area contributed by atoms with Gasteiger partial charge in [0.15, 0.2) is 0 Å². The third kappa shape index (κ3) is 5.21. The number of halogens is 1. The van der Waals surface area contributed by atoms with Crippen LogP contribution < -0.4 is 0 Å². The highest BCUT2D eigenvalue weighted by Crippen LogP contribution is 2.18. The van der Waals surface area contributed by atoms with E-state index in [0.717, 1.165) is 4.90 Å². The molecule has 0 saturated carbocycles. The summed E-state index contributed by atoms with van der Waals surface area (Å²) in [6.07, 6.45) is 0. The van der Waals surface area contributed by atoms with Crippen LogP contribution >= 0.6 is 11.8 Å². The fraction of sp³-hybridized carbons (Fsp3) is 0.429. The number of amides is 1. The van der Waals surface area contributed by atoms with E-state index >= 15 is 0 Å². The highest BCUT2D eigenvalue weighted by molar-refractivity contribution is 8.00. The second-order valence-corrected chi connectivity index (χ2v) is 5.46. The molecule has 0 aliphatic carbocycles. The molecule has 20 heavy (non-hydrogen) atoms. The summed E-state index contributed by atoms with van der Waals surface area (Å²) < 4.78 is 12.7. The minimum Gasteiger partial charge on any atom is -0.481 e. The number of hydrogen-bond donors (Lipinski definition) is 1. The van der Waals surface area contributed by atoms with Crippen molar-refractivity contribution in [3.05, 3.63) is 30.1 Å². The van der Waals surface area contributed by atoms with Gasteiger partial charge < -0.3 is 10.0 Å². The van der Waals surface area contributed by atoms with Gasteiger partial charge in [-0.25, -0.2) is 4.39 Å². The Kier molecular flexibility index (Phi) is 6.51. The molecule has 0 radical (unpaired) electrons. The molecule has 0 aromatic heterocycles. The van der Waals surface area contributed by atoms with Crippen LogP contribution in [0.25, 0.3) is 0 Å². The minimum absolute atomic E-state index is 0.116. The molecule has 0 aliphatic heterocycles. The van der Waals surface area contributed by atoms with Crippen molar-refractivity contribution in [2.75, 3.05) is 18.8 Å². The van der Waals surface area contributed by atoms with Gasteiger partial charge in [-0.1, -0.05) is 6.92 Å². The van der Waals surface area contributed by atoms with Gasteiger partial charge in [-0.15, -0.1) is 11.8 Å². The summed E-state index contributed by atoms with van der Waals surface area (Å²) in [6, 6.07) is 5.92. The number of thioether (sulfide) groups is 1. The molecule has 0 spiro atoms. The number of carboxylic acids is 1. The first-order valence-corrected chi connectivity index (χ1v) is 7.31. The third-order valence-corrected chi connectivity index (χ3v) is 3.82. The van der Waals surface area contributed by atoms with Crippen molar-refractivity contribution in [2.24, 2.45) is 5.92 Å². The third-order valence-electron chi connectivity index (χ3n) is 2.83. The molecule has 1 aromatic rings. The Labute approximate surface area is 122 Å². The molecule has 1 aromatic carbocycles. The molecule has 1 atom stereocenters. The average Bonchev–Trinajstić information content (AvgIpc) is 2.43. The van der Waals surface area contributed by atoms with Crippen LogP contribution in [0.1, 0.15) is 13.8 Å². The zero-order valence-corrected chi connectivity index (χ0v) is 12.3. The second-order valence-electron chi connectivity index (χ2n) is 4.41. The lowest BCUT2D eigenvalue weighted by atomic mass is 10.2. The van der Waals surface area contributed by atoms with Crippen molar-refractivity contribution < 1.29 is 19.1 Å². The lowest BCUT2D eigenvalue weighted by molar-refractivity contribution is -0.142. The second kappa shape index (κ2) is 7.89. The van der Waals surface area contributed by atoms with E-state index in [1.807, 2.05) is 6.92 Å². The van der Waals surface area contributed by atoms with Gasteiger partial charge in [0, 0.05) is 18.0 Å². The molecule has 6 heteroatoms. The molecular formula is C14H18FNO3S. The summed E-state index contributed by atoms with van der Waals surface area (Å²) in [4.78, 5) is 25.1. The van der Waals surface area contributed by atoms with Crippen molar-refractivity contribution in [2.45, 2.75) is 18.7 Å². The normalized spacial score (nSPS) is 11.9. The van der Waals surface area contributed by atoms with Crippen molar-refractivity contribution in [3.8, 4) is 0 Å². The van der Waals surface area contributed by atoms with E-state index in [1.54, 1.807) is 19.1 Å². The van der Waals surface area contributed by atoms with E-state index in [1.165, 1.54) is 28.8 Å². The molecule has 0 saturated heterocycles. The van der Waals surface area contributed by atoms with Gasteiger partial charge in [0.2, 0.25) is 5.91 Å². The van der Waals surface area contributed by atoms with E-state index in [9.17, 15) is 14.0 Å². The zero-order valence-electron chi connectivity index (χ0n) is 11.5. The molecule has 1 N–H and O–H groups in total. The van der Waals surface area contributed by atoms with Gasteiger partial charge in [0.1, 0.15) is 5.82 Å². The first kappa shape index (κ1) is 16.5. The predicted octanol–water partition coefficient (Wildman–Crippen LogP) is 2.49. The van der Waals surface area contributed by atoms with Gasteiger partial charge in [-0.2, -0.15) is 0 Å². The van der Waals surface area contributed by atoms with E-state index in [2.05, 4.69) is 0 Å². The molecular weight excluding hydrogens is 281 g/mol. The Balaban J connectivity index is 2.51. The fourth-order valence-corrected chi connectivity index (χ4v) is 2.38. The Hall–Kier alpha value is -1.56. The predicted molar refractivity (Wildman–Crippen MR) is 76.2 cm³/mol. The SMILES string of the molecule is CCN(CC(C)C(=O)O)C(=O)CSc1ccc(F)cc1. The Bertz CT molecular complexity index is 464. The standard InChI is InChI=1S/C14H18FNO3S/c1-3-16(8-10(2)14(18)19)13(17)9-20-12-6-4-11(15)5-7-12/h4-7,10H,3,8-9H2,1-2H3,(H,18,19). The smallest absolute Gasteiger partial charge is 0.308 e. The van der Waals surface area contributed by atoms with Gasteiger partial charge in [-0.3, -0.25) is 9.59 Å². The van der Waals surface area contributed by atoms with E-state index < -0.39 is 11.9 Å². The number of carbonyl (C=O) groups excluding carboxylic acids is 1. The Morgan fingerprint density at radius 1 is 1.35 bits per heavy atom. The Morgan fingerprint density at radius 2 is 1.95 bits per heavy atom. The fourth-order valence-electron chi connectivity index (χ4n) is 1.58. The van der Waals surface area contributed by atoms with Crippen molar-refractivity contribution in [3.63, 3.8) is 0 Å². The molecule has 110 valence electrons. The van der Waals surface area contributed by atoms with Gasteiger partial charge in [-0.05, 0) is 31.2 Å². The molecule has 1 amide bonds. The van der Waals surface area contributed by atoms with Gasteiger partial charge in [0.25, 0.3) is 0 Å². The molecule has 0 fully saturated rings. The van der Waals surface area contributed by atoms with E-state index in [4.69, 9.17) is 5.11 Å². The number of rotatable bonds is 7.